The van der Waals surface area contributed by atoms with Crippen LogP contribution < -0.4 is 5.73 Å². The number of hydrogen-bond acceptors (Lipinski definition) is 4. The monoisotopic (exact) mass is 363 g/mol. The van der Waals surface area contributed by atoms with Crippen LogP contribution >= 0.6 is 39.5 Å². The molecule has 108 valence electrons. The van der Waals surface area contributed by atoms with Crippen LogP contribution in [0.25, 0.3) is 0 Å². The lowest BCUT2D eigenvalue weighted by molar-refractivity contribution is 0.476. The molecule has 1 aromatic rings. The molecule has 0 saturated carbocycles. The first kappa shape index (κ1) is 15.7. The number of thioether (sulfide) groups is 2. The molecule has 0 radical (unpaired) electrons. The molecule has 0 amide bonds. The van der Waals surface area contributed by atoms with Crippen molar-refractivity contribution >= 4 is 39.5 Å². The normalized spacial score (nSPS) is 25.8. The van der Waals surface area contributed by atoms with Crippen molar-refractivity contribution < 1.29 is 0 Å². The third-order valence-electron chi connectivity index (χ3n) is 3.44. The molecule has 3 atom stereocenters. The molecule has 1 aliphatic rings. The summed E-state index contributed by atoms with van der Waals surface area (Å²) in [5.41, 5.74) is 7.74. The van der Waals surface area contributed by atoms with Crippen LogP contribution in [0.3, 0.4) is 0 Å². The van der Waals surface area contributed by atoms with Gasteiger partial charge in [-0.15, -0.1) is 0 Å². The van der Waals surface area contributed by atoms with Gasteiger partial charge in [-0.05, 0) is 36.2 Å². The second-order valence-corrected chi connectivity index (χ2v) is 8.58. The highest BCUT2D eigenvalue weighted by molar-refractivity contribution is 9.10. The fourth-order valence-corrected chi connectivity index (χ4v) is 6.19. The van der Waals surface area contributed by atoms with Gasteiger partial charge >= 0.3 is 0 Å². The summed E-state index contributed by atoms with van der Waals surface area (Å²) in [6, 6.07) is 0.385. The predicted molar refractivity (Wildman–Crippen MR) is 90.0 cm³/mol. The van der Waals surface area contributed by atoms with Gasteiger partial charge in [0.15, 0.2) is 0 Å². The minimum atomic E-state index is 0.0435. The Labute approximate surface area is 132 Å². The summed E-state index contributed by atoms with van der Waals surface area (Å²) in [6.07, 6.45) is 3.06. The van der Waals surface area contributed by atoms with E-state index in [0.29, 0.717) is 16.5 Å². The Morgan fingerprint density at radius 2 is 2.16 bits per heavy atom. The minimum Gasteiger partial charge on any atom is -0.322 e. The third kappa shape index (κ3) is 3.34. The van der Waals surface area contributed by atoms with Crippen molar-refractivity contribution in [2.45, 2.75) is 49.8 Å². The molecule has 0 spiro atoms. The molecule has 3 unspecified atom stereocenters. The maximum absolute atomic E-state index is 6.59. The lowest BCUT2D eigenvalue weighted by atomic mass is 10.1. The number of nitrogens with zero attached hydrogens (tertiary/aromatic N) is 2. The highest BCUT2D eigenvalue weighted by atomic mass is 79.9. The Hall–Kier alpha value is 0.350. The zero-order chi connectivity index (χ0) is 14.0. The molecule has 6 heteroatoms. The molecule has 1 aromatic heterocycles. The minimum absolute atomic E-state index is 0.0435. The Bertz CT molecular complexity index is 422. The van der Waals surface area contributed by atoms with Crippen molar-refractivity contribution in [2.24, 2.45) is 5.73 Å². The second kappa shape index (κ2) is 6.87. The van der Waals surface area contributed by atoms with Crippen LogP contribution in [-0.4, -0.2) is 31.8 Å². The average molecular weight is 364 g/mol. The molecule has 2 rings (SSSR count). The highest BCUT2D eigenvalue weighted by Gasteiger charge is 2.33. The molecule has 1 aliphatic heterocycles. The summed E-state index contributed by atoms with van der Waals surface area (Å²) < 4.78 is 3.10. The second-order valence-electron chi connectivity index (χ2n) is 5.09. The van der Waals surface area contributed by atoms with Crippen molar-refractivity contribution in [3.63, 3.8) is 0 Å². The quantitative estimate of drug-likeness (QED) is 0.881. The van der Waals surface area contributed by atoms with Gasteiger partial charge in [0, 0.05) is 28.0 Å². The van der Waals surface area contributed by atoms with Gasteiger partial charge in [0.1, 0.15) is 0 Å². The Morgan fingerprint density at radius 3 is 2.79 bits per heavy atom. The number of rotatable bonds is 4. The molecule has 19 heavy (non-hydrogen) atoms. The van der Waals surface area contributed by atoms with E-state index < -0.39 is 0 Å². The van der Waals surface area contributed by atoms with E-state index in [1.807, 2.05) is 18.0 Å². The average Bonchev–Trinajstić information content (AvgIpc) is 2.80. The lowest BCUT2D eigenvalue weighted by Crippen LogP contribution is -2.37. The van der Waals surface area contributed by atoms with E-state index >= 15 is 0 Å². The first-order valence-corrected chi connectivity index (χ1v) is 9.67. The van der Waals surface area contributed by atoms with Gasteiger partial charge in [-0.25, -0.2) is 0 Å². The maximum atomic E-state index is 6.59. The van der Waals surface area contributed by atoms with Crippen molar-refractivity contribution in [1.82, 2.24) is 9.78 Å². The Balaban J connectivity index is 2.27. The Kier molecular flexibility index (Phi) is 5.69. The summed E-state index contributed by atoms with van der Waals surface area (Å²) in [4.78, 5) is 0. The first-order valence-electron chi connectivity index (χ1n) is 6.78. The van der Waals surface area contributed by atoms with E-state index in [-0.39, 0.29) is 6.04 Å². The molecule has 2 heterocycles. The van der Waals surface area contributed by atoms with Crippen LogP contribution in [0.5, 0.6) is 0 Å². The van der Waals surface area contributed by atoms with E-state index in [2.05, 4.69) is 58.2 Å². The fraction of sp³-hybridized carbons (Fsp3) is 0.769. The van der Waals surface area contributed by atoms with Crippen LogP contribution in [0.2, 0.25) is 0 Å². The van der Waals surface area contributed by atoms with Gasteiger partial charge in [-0.2, -0.15) is 28.6 Å². The SMILES string of the molecule is CCC1SCCSC1C(N)c1c(Br)cnn1C(C)C. The van der Waals surface area contributed by atoms with E-state index in [1.165, 1.54) is 17.9 Å². The van der Waals surface area contributed by atoms with E-state index in [0.717, 1.165) is 10.2 Å². The zero-order valence-electron chi connectivity index (χ0n) is 11.7. The van der Waals surface area contributed by atoms with Gasteiger partial charge in [-0.3, -0.25) is 4.68 Å². The van der Waals surface area contributed by atoms with Crippen LogP contribution in [0.1, 0.15) is 45.0 Å². The lowest BCUT2D eigenvalue weighted by Gasteiger charge is -2.34. The Morgan fingerprint density at radius 1 is 1.47 bits per heavy atom. The van der Waals surface area contributed by atoms with Crippen LogP contribution in [0, 0.1) is 0 Å². The third-order valence-corrected chi connectivity index (χ3v) is 7.42. The number of nitrogens with two attached hydrogens (primary N) is 1. The molecule has 2 N–H and O–H groups in total. The highest BCUT2D eigenvalue weighted by Crippen LogP contribution is 2.41. The van der Waals surface area contributed by atoms with Crippen molar-refractivity contribution in [1.29, 1.82) is 0 Å². The van der Waals surface area contributed by atoms with Crippen LogP contribution in [0.4, 0.5) is 0 Å². The van der Waals surface area contributed by atoms with Gasteiger partial charge < -0.3 is 5.73 Å². The largest absolute Gasteiger partial charge is 0.322 e. The molecular formula is C13H22BrN3S2. The van der Waals surface area contributed by atoms with Gasteiger partial charge in [0.05, 0.1) is 22.4 Å². The van der Waals surface area contributed by atoms with Crippen LogP contribution in [0.15, 0.2) is 10.7 Å². The van der Waals surface area contributed by atoms with Gasteiger partial charge in [0.25, 0.3) is 0 Å². The molecule has 3 nitrogen and oxygen atoms in total. The number of aromatic nitrogens is 2. The summed E-state index contributed by atoms with van der Waals surface area (Å²) in [7, 11) is 0. The maximum Gasteiger partial charge on any atom is 0.0708 e. The molecule has 1 fully saturated rings. The molecule has 0 aliphatic carbocycles. The van der Waals surface area contributed by atoms with Gasteiger partial charge in [-0.1, -0.05) is 6.92 Å². The molecule has 0 aromatic carbocycles. The number of hydrogen-bond donors (Lipinski definition) is 1. The van der Waals surface area contributed by atoms with Crippen molar-refractivity contribution in [3.05, 3.63) is 16.4 Å². The zero-order valence-corrected chi connectivity index (χ0v) is 14.9. The molecule has 0 bridgehead atoms. The molecule has 1 saturated heterocycles. The first-order chi connectivity index (χ1) is 9.06. The van der Waals surface area contributed by atoms with Crippen LogP contribution in [-0.2, 0) is 0 Å². The van der Waals surface area contributed by atoms with Crippen molar-refractivity contribution in [3.8, 4) is 0 Å². The summed E-state index contributed by atoms with van der Waals surface area (Å²) in [6.45, 7) is 6.56. The summed E-state index contributed by atoms with van der Waals surface area (Å²) >= 11 is 7.71. The topological polar surface area (TPSA) is 43.8 Å². The number of halogens is 1. The van der Waals surface area contributed by atoms with Gasteiger partial charge in [0.2, 0.25) is 0 Å². The predicted octanol–water partition coefficient (Wildman–Crippen LogP) is 3.85. The molecular weight excluding hydrogens is 342 g/mol. The van der Waals surface area contributed by atoms with E-state index in [9.17, 15) is 0 Å². The fourth-order valence-electron chi connectivity index (χ4n) is 2.50. The van der Waals surface area contributed by atoms with Crippen molar-refractivity contribution in [2.75, 3.05) is 11.5 Å². The summed E-state index contributed by atoms with van der Waals surface area (Å²) in [5.74, 6) is 2.45. The van der Waals surface area contributed by atoms with E-state index in [1.54, 1.807) is 0 Å². The van der Waals surface area contributed by atoms with E-state index in [4.69, 9.17) is 5.73 Å². The smallest absolute Gasteiger partial charge is 0.0708 e. The standard InChI is InChI=1S/C13H22BrN3S2/c1-4-10-13(19-6-5-18-10)11(15)12-9(14)7-16-17(12)8(2)3/h7-8,10-11,13H,4-6,15H2,1-3H3. The summed E-state index contributed by atoms with van der Waals surface area (Å²) in [5, 5.41) is 5.59.